The minimum Gasteiger partial charge on any atom is -0.507 e. The Balaban J connectivity index is 1.72. The van der Waals surface area contributed by atoms with Crippen molar-refractivity contribution in [1.82, 2.24) is 9.97 Å². The van der Waals surface area contributed by atoms with Crippen LogP contribution in [0.3, 0.4) is 0 Å². The zero-order chi connectivity index (χ0) is 21.4. The van der Waals surface area contributed by atoms with Crippen LogP contribution in [0.2, 0.25) is 10.0 Å². The molecule has 0 saturated carbocycles. The topological polar surface area (TPSA) is 101 Å². The second-order valence-corrected chi connectivity index (χ2v) is 7.42. The van der Waals surface area contributed by atoms with Crippen LogP contribution in [-0.4, -0.2) is 20.0 Å². The maximum Gasteiger partial charge on any atom is 0.272 e. The van der Waals surface area contributed by atoms with Crippen molar-refractivity contribution in [2.45, 2.75) is 6.92 Å². The Morgan fingerprint density at radius 3 is 2.43 bits per heavy atom. The summed E-state index contributed by atoms with van der Waals surface area (Å²) < 4.78 is 0. The maximum absolute atomic E-state index is 10.9. The van der Waals surface area contributed by atoms with Crippen LogP contribution in [0.25, 0.3) is 22.0 Å². The summed E-state index contributed by atoms with van der Waals surface area (Å²) in [7, 11) is 0. The molecule has 0 aliphatic heterocycles. The number of rotatable bonds is 4. The first-order valence-corrected chi connectivity index (χ1v) is 9.55. The quantitative estimate of drug-likeness (QED) is 0.286. The van der Waals surface area contributed by atoms with Crippen LogP contribution < -0.4 is 5.32 Å². The third kappa shape index (κ3) is 3.72. The van der Waals surface area contributed by atoms with Crippen molar-refractivity contribution < 1.29 is 10.0 Å². The third-order valence-corrected chi connectivity index (χ3v) is 5.20. The number of hydrogen-bond acceptors (Lipinski definition) is 6. The predicted molar refractivity (Wildman–Crippen MR) is 118 cm³/mol. The molecule has 0 saturated heterocycles. The molecular formula is C21H14Cl2N4O3. The van der Waals surface area contributed by atoms with E-state index in [2.05, 4.69) is 15.3 Å². The Morgan fingerprint density at radius 2 is 1.77 bits per heavy atom. The number of halogens is 2. The van der Waals surface area contributed by atoms with Gasteiger partial charge in [0.2, 0.25) is 5.95 Å². The van der Waals surface area contributed by atoms with E-state index in [-0.39, 0.29) is 33.1 Å². The first kappa shape index (κ1) is 19.9. The van der Waals surface area contributed by atoms with Crippen molar-refractivity contribution in [2.75, 3.05) is 5.32 Å². The summed E-state index contributed by atoms with van der Waals surface area (Å²) in [5.41, 5.74) is 3.19. The minimum atomic E-state index is -0.580. The van der Waals surface area contributed by atoms with E-state index in [1.807, 2.05) is 37.3 Å². The first-order valence-electron chi connectivity index (χ1n) is 8.79. The van der Waals surface area contributed by atoms with Gasteiger partial charge in [0.1, 0.15) is 5.75 Å². The molecule has 0 atom stereocenters. The molecule has 0 unspecified atom stereocenters. The van der Waals surface area contributed by atoms with Gasteiger partial charge in [0.25, 0.3) is 5.69 Å². The molecule has 3 aromatic carbocycles. The van der Waals surface area contributed by atoms with E-state index in [9.17, 15) is 15.2 Å². The fourth-order valence-corrected chi connectivity index (χ4v) is 3.69. The summed E-state index contributed by atoms with van der Waals surface area (Å²) in [5.74, 6) is 0.274. The minimum absolute atomic E-state index is 0.0654. The van der Waals surface area contributed by atoms with E-state index >= 15 is 0 Å². The number of anilines is 2. The molecule has 4 aromatic rings. The lowest BCUT2D eigenvalue weighted by atomic mass is 9.98. The van der Waals surface area contributed by atoms with E-state index in [0.717, 1.165) is 16.5 Å². The molecule has 30 heavy (non-hydrogen) atoms. The van der Waals surface area contributed by atoms with Crippen molar-refractivity contribution in [3.8, 4) is 16.9 Å². The van der Waals surface area contributed by atoms with Crippen molar-refractivity contribution in [2.24, 2.45) is 0 Å². The molecule has 9 heteroatoms. The van der Waals surface area contributed by atoms with Crippen LogP contribution in [0.5, 0.6) is 5.75 Å². The summed E-state index contributed by atoms with van der Waals surface area (Å²) in [6.07, 6.45) is 1.61. The number of aromatic hydroxyl groups is 1. The Kier molecular flexibility index (Phi) is 5.15. The van der Waals surface area contributed by atoms with Gasteiger partial charge in [-0.25, -0.2) is 9.97 Å². The molecule has 0 radical (unpaired) electrons. The van der Waals surface area contributed by atoms with Crippen LogP contribution in [0.1, 0.15) is 5.56 Å². The number of phenolic OH excluding ortho intramolecular Hbond substituents is 1. The number of nitro groups is 1. The zero-order valence-electron chi connectivity index (χ0n) is 15.6. The zero-order valence-corrected chi connectivity index (χ0v) is 17.1. The second kappa shape index (κ2) is 7.78. The van der Waals surface area contributed by atoms with E-state index in [1.54, 1.807) is 12.3 Å². The Bertz CT molecular complexity index is 1290. The van der Waals surface area contributed by atoms with E-state index in [1.165, 1.54) is 12.1 Å². The van der Waals surface area contributed by atoms with Gasteiger partial charge < -0.3 is 10.4 Å². The van der Waals surface area contributed by atoms with Gasteiger partial charge >= 0.3 is 0 Å². The van der Waals surface area contributed by atoms with Crippen LogP contribution in [0, 0.1) is 17.0 Å². The van der Waals surface area contributed by atoms with E-state index < -0.39 is 4.92 Å². The highest BCUT2D eigenvalue weighted by Crippen LogP contribution is 2.37. The smallest absolute Gasteiger partial charge is 0.272 e. The van der Waals surface area contributed by atoms with Crippen LogP contribution in [0.15, 0.2) is 54.7 Å². The number of non-ortho nitro benzene ring substituents is 1. The Labute approximate surface area is 181 Å². The molecule has 0 bridgehead atoms. The summed E-state index contributed by atoms with van der Waals surface area (Å²) in [6.45, 7) is 1.97. The van der Waals surface area contributed by atoms with Gasteiger partial charge in [0.05, 0.1) is 26.2 Å². The number of benzene rings is 3. The molecule has 0 aliphatic rings. The maximum atomic E-state index is 10.9. The summed E-state index contributed by atoms with van der Waals surface area (Å²) in [4.78, 5) is 19.0. The standard InChI is InChI=1S/C21H14Cl2N4O3/c1-11-4-2-3-5-14(11)15-6-12-10-24-21(25-18(12)9-19(15)28)26-20-16(22)7-13(27(29)30)8-17(20)23/h2-10,28H,1H3,(H,24,25,26). The molecule has 0 spiro atoms. The van der Waals surface area contributed by atoms with Gasteiger partial charge in [0, 0.05) is 35.3 Å². The molecule has 1 aromatic heterocycles. The number of aryl methyl sites for hydroxylation is 1. The number of nitrogens with one attached hydrogen (secondary N) is 1. The predicted octanol–water partition coefficient (Wildman–Crippen LogP) is 6.27. The van der Waals surface area contributed by atoms with E-state index in [4.69, 9.17) is 23.2 Å². The number of aromatic nitrogens is 2. The molecule has 0 aliphatic carbocycles. The highest BCUT2D eigenvalue weighted by molar-refractivity contribution is 6.39. The molecule has 1 heterocycles. The van der Waals surface area contributed by atoms with Gasteiger partial charge in [-0.1, -0.05) is 47.5 Å². The lowest BCUT2D eigenvalue weighted by Gasteiger charge is -2.12. The van der Waals surface area contributed by atoms with Crippen molar-refractivity contribution in [3.05, 3.63) is 80.5 Å². The molecule has 0 amide bonds. The van der Waals surface area contributed by atoms with Crippen molar-refractivity contribution in [3.63, 3.8) is 0 Å². The van der Waals surface area contributed by atoms with Gasteiger partial charge in [-0.05, 0) is 24.1 Å². The number of nitro benzene ring substituents is 1. The monoisotopic (exact) mass is 440 g/mol. The van der Waals surface area contributed by atoms with Gasteiger partial charge in [-0.15, -0.1) is 0 Å². The lowest BCUT2D eigenvalue weighted by molar-refractivity contribution is -0.384. The number of phenols is 1. The molecule has 0 fully saturated rings. The Morgan fingerprint density at radius 1 is 1.07 bits per heavy atom. The van der Waals surface area contributed by atoms with Gasteiger partial charge in [-0.2, -0.15) is 0 Å². The molecular weight excluding hydrogens is 427 g/mol. The summed E-state index contributed by atoms with van der Waals surface area (Å²) in [5, 5.41) is 25.2. The molecule has 150 valence electrons. The van der Waals surface area contributed by atoms with Gasteiger partial charge in [0.15, 0.2) is 0 Å². The fraction of sp³-hybridized carbons (Fsp3) is 0.0476. The average molecular weight is 441 g/mol. The van der Waals surface area contributed by atoms with Crippen LogP contribution >= 0.6 is 23.2 Å². The SMILES string of the molecule is Cc1ccccc1-c1cc2cnc(Nc3c(Cl)cc([N+](=O)[O-])cc3Cl)nc2cc1O. The largest absolute Gasteiger partial charge is 0.507 e. The number of fused-ring (bicyclic) bond motifs is 1. The third-order valence-electron chi connectivity index (χ3n) is 4.61. The highest BCUT2D eigenvalue weighted by Gasteiger charge is 2.16. The number of hydrogen-bond donors (Lipinski definition) is 2. The Hall–Kier alpha value is -3.42. The second-order valence-electron chi connectivity index (χ2n) is 6.60. The number of nitrogens with zero attached hydrogens (tertiary/aromatic N) is 3. The lowest BCUT2D eigenvalue weighted by Crippen LogP contribution is -1.99. The van der Waals surface area contributed by atoms with Gasteiger partial charge in [-0.3, -0.25) is 10.1 Å². The van der Waals surface area contributed by atoms with Crippen LogP contribution in [-0.2, 0) is 0 Å². The van der Waals surface area contributed by atoms with Crippen molar-refractivity contribution in [1.29, 1.82) is 0 Å². The first-order chi connectivity index (χ1) is 14.3. The van der Waals surface area contributed by atoms with Crippen molar-refractivity contribution >= 4 is 51.4 Å². The summed E-state index contributed by atoms with van der Waals surface area (Å²) >= 11 is 12.3. The van der Waals surface area contributed by atoms with Crippen LogP contribution in [0.4, 0.5) is 17.3 Å². The fourth-order valence-electron chi connectivity index (χ4n) is 3.12. The molecule has 7 nitrogen and oxygen atoms in total. The summed E-state index contributed by atoms with van der Waals surface area (Å²) in [6, 6.07) is 13.5. The molecule has 4 rings (SSSR count). The normalized spacial score (nSPS) is 10.9. The van der Waals surface area contributed by atoms with E-state index in [0.29, 0.717) is 11.1 Å². The highest BCUT2D eigenvalue weighted by atomic mass is 35.5. The molecule has 2 N–H and O–H groups in total. The average Bonchev–Trinajstić information content (AvgIpc) is 2.70.